The van der Waals surface area contributed by atoms with E-state index in [0.717, 1.165) is 26.1 Å². The molecule has 5 nitrogen and oxygen atoms in total. The fourth-order valence-corrected chi connectivity index (χ4v) is 2.33. The molecule has 1 saturated heterocycles. The molecular weight excluding hydrogens is 256 g/mol. The van der Waals surface area contributed by atoms with Crippen LogP contribution in [-0.2, 0) is 16.1 Å². The third-order valence-corrected chi connectivity index (χ3v) is 3.43. The van der Waals surface area contributed by atoms with E-state index >= 15 is 0 Å². The van der Waals surface area contributed by atoms with E-state index in [-0.39, 0.29) is 0 Å². The van der Waals surface area contributed by atoms with E-state index in [0.29, 0.717) is 19.8 Å². The Kier molecular flexibility index (Phi) is 5.98. The molecule has 1 aliphatic rings. The molecular formula is C15H22N2O3. The minimum absolute atomic E-state index is 0.436. The fourth-order valence-electron chi connectivity index (χ4n) is 2.33. The Bertz CT molecular complexity index is 411. The third-order valence-electron chi connectivity index (χ3n) is 3.43. The monoisotopic (exact) mass is 278 g/mol. The van der Waals surface area contributed by atoms with Crippen molar-refractivity contribution in [3.63, 3.8) is 0 Å². The minimum atomic E-state index is -0.768. The van der Waals surface area contributed by atoms with E-state index in [1.54, 1.807) is 0 Å². The van der Waals surface area contributed by atoms with Crippen molar-refractivity contribution in [2.45, 2.75) is 19.1 Å². The predicted octanol–water partition coefficient (Wildman–Crippen LogP) is 0.952. The number of carbonyl (C=O) groups is 1. The van der Waals surface area contributed by atoms with Crippen molar-refractivity contribution in [3.05, 3.63) is 35.9 Å². The number of carboxylic acids is 1. The molecule has 2 N–H and O–H groups in total. The van der Waals surface area contributed by atoms with Crippen LogP contribution in [0.25, 0.3) is 0 Å². The summed E-state index contributed by atoms with van der Waals surface area (Å²) in [5.74, 6) is -0.768. The fraction of sp³-hybridized carbons (Fsp3) is 0.533. The van der Waals surface area contributed by atoms with Crippen LogP contribution in [0.1, 0.15) is 12.0 Å². The van der Waals surface area contributed by atoms with Crippen molar-refractivity contribution < 1.29 is 14.6 Å². The lowest BCUT2D eigenvalue weighted by molar-refractivity contribution is -0.140. The second-order valence-electron chi connectivity index (χ2n) is 5.04. The Morgan fingerprint density at radius 3 is 2.95 bits per heavy atom. The Hall–Kier alpha value is -1.43. The lowest BCUT2D eigenvalue weighted by Crippen LogP contribution is -2.54. The van der Waals surface area contributed by atoms with Crippen LogP contribution >= 0.6 is 0 Å². The maximum absolute atomic E-state index is 10.9. The molecule has 2 rings (SSSR count). The van der Waals surface area contributed by atoms with E-state index in [4.69, 9.17) is 9.84 Å². The van der Waals surface area contributed by atoms with Gasteiger partial charge in [-0.05, 0) is 12.0 Å². The molecule has 0 radical (unpaired) electrons. The summed E-state index contributed by atoms with van der Waals surface area (Å²) in [5, 5.41) is 12.0. The average Bonchev–Trinajstić information content (AvgIpc) is 2.48. The smallest absolute Gasteiger partial charge is 0.322 e. The molecule has 110 valence electrons. The molecule has 1 aromatic rings. The molecule has 0 amide bonds. The molecule has 0 saturated carbocycles. The number of nitrogens with zero attached hydrogens (tertiary/aromatic N) is 1. The van der Waals surface area contributed by atoms with Crippen LogP contribution in [0.2, 0.25) is 0 Å². The quantitative estimate of drug-likeness (QED) is 0.727. The van der Waals surface area contributed by atoms with Crippen LogP contribution in [-0.4, -0.2) is 54.8 Å². The van der Waals surface area contributed by atoms with E-state index in [2.05, 4.69) is 10.2 Å². The first-order chi connectivity index (χ1) is 9.75. The van der Waals surface area contributed by atoms with Crippen LogP contribution in [0.3, 0.4) is 0 Å². The van der Waals surface area contributed by atoms with Crippen LogP contribution in [0.15, 0.2) is 30.3 Å². The van der Waals surface area contributed by atoms with Gasteiger partial charge in [0.1, 0.15) is 6.04 Å². The maximum atomic E-state index is 10.9. The number of ether oxygens (including phenoxy) is 1. The van der Waals surface area contributed by atoms with E-state index in [9.17, 15) is 4.79 Å². The number of hydrogen-bond acceptors (Lipinski definition) is 4. The summed E-state index contributed by atoms with van der Waals surface area (Å²) in [6.45, 7) is 4.45. The van der Waals surface area contributed by atoms with Gasteiger partial charge in [-0.2, -0.15) is 0 Å². The van der Waals surface area contributed by atoms with Gasteiger partial charge in [0, 0.05) is 32.8 Å². The summed E-state index contributed by atoms with van der Waals surface area (Å²) in [5.41, 5.74) is 1.18. The van der Waals surface area contributed by atoms with Gasteiger partial charge < -0.3 is 15.2 Å². The second-order valence-corrected chi connectivity index (χ2v) is 5.04. The van der Waals surface area contributed by atoms with Gasteiger partial charge in [-0.25, -0.2) is 0 Å². The number of benzene rings is 1. The first-order valence-corrected chi connectivity index (χ1v) is 7.06. The van der Waals surface area contributed by atoms with Gasteiger partial charge in [0.2, 0.25) is 0 Å². The van der Waals surface area contributed by atoms with Crippen molar-refractivity contribution >= 4 is 5.97 Å². The molecule has 0 aliphatic carbocycles. The van der Waals surface area contributed by atoms with Gasteiger partial charge >= 0.3 is 5.97 Å². The molecule has 1 aliphatic heterocycles. The van der Waals surface area contributed by atoms with Gasteiger partial charge in [-0.3, -0.25) is 9.69 Å². The normalized spacial score (nSPS) is 19.9. The summed E-state index contributed by atoms with van der Waals surface area (Å²) < 4.78 is 5.63. The molecule has 0 bridgehead atoms. The SMILES string of the molecule is O=C(O)C1CN(CCCOCc2ccccc2)CCN1. The first-order valence-electron chi connectivity index (χ1n) is 7.06. The van der Waals surface area contributed by atoms with Crippen LogP contribution in [0.4, 0.5) is 0 Å². The van der Waals surface area contributed by atoms with Crippen molar-refractivity contribution in [1.29, 1.82) is 0 Å². The Morgan fingerprint density at radius 2 is 2.20 bits per heavy atom. The first kappa shape index (κ1) is 15.0. The number of hydrogen-bond donors (Lipinski definition) is 2. The third kappa shape index (κ3) is 4.92. The highest BCUT2D eigenvalue weighted by Crippen LogP contribution is 2.03. The lowest BCUT2D eigenvalue weighted by Gasteiger charge is -2.31. The van der Waals surface area contributed by atoms with Crippen LogP contribution in [0.5, 0.6) is 0 Å². The predicted molar refractivity (Wildman–Crippen MR) is 76.6 cm³/mol. The van der Waals surface area contributed by atoms with E-state index in [1.165, 1.54) is 5.56 Å². The van der Waals surface area contributed by atoms with Gasteiger partial charge in [-0.1, -0.05) is 30.3 Å². The molecule has 1 fully saturated rings. The highest BCUT2D eigenvalue weighted by molar-refractivity contribution is 5.73. The van der Waals surface area contributed by atoms with E-state index in [1.807, 2.05) is 30.3 Å². The van der Waals surface area contributed by atoms with Gasteiger partial charge in [-0.15, -0.1) is 0 Å². The van der Waals surface area contributed by atoms with Crippen molar-refractivity contribution in [2.75, 3.05) is 32.8 Å². The zero-order chi connectivity index (χ0) is 14.2. The molecule has 1 atom stereocenters. The Balaban J connectivity index is 1.58. The largest absolute Gasteiger partial charge is 0.480 e. The number of rotatable bonds is 7. The number of carboxylic acid groups (broad SMARTS) is 1. The topological polar surface area (TPSA) is 61.8 Å². The summed E-state index contributed by atoms with van der Waals surface area (Å²) >= 11 is 0. The summed E-state index contributed by atoms with van der Waals surface area (Å²) in [4.78, 5) is 13.1. The zero-order valence-electron chi connectivity index (χ0n) is 11.6. The molecule has 0 spiro atoms. The van der Waals surface area contributed by atoms with Crippen molar-refractivity contribution in [2.24, 2.45) is 0 Å². The zero-order valence-corrected chi connectivity index (χ0v) is 11.6. The summed E-state index contributed by atoms with van der Waals surface area (Å²) in [7, 11) is 0. The second kappa shape index (κ2) is 7.99. The molecule has 20 heavy (non-hydrogen) atoms. The number of nitrogens with one attached hydrogen (secondary N) is 1. The highest BCUT2D eigenvalue weighted by Gasteiger charge is 2.24. The lowest BCUT2D eigenvalue weighted by atomic mass is 10.2. The maximum Gasteiger partial charge on any atom is 0.322 e. The van der Waals surface area contributed by atoms with Gasteiger partial charge in [0.05, 0.1) is 6.61 Å². The van der Waals surface area contributed by atoms with Gasteiger partial charge in [0.15, 0.2) is 0 Å². The molecule has 0 aromatic heterocycles. The minimum Gasteiger partial charge on any atom is -0.480 e. The summed E-state index contributed by atoms with van der Waals surface area (Å²) in [6, 6.07) is 9.67. The molecule has 1 heterocycles. The standard InChI is InChI=1S/C15H22N2O3/c18-15(19)14-11-17(9-7-16-14)8-4-10-20-12-13-5-2-1-3-6-13/h1-3,5-6,14,16H,4,7-12H2,(H,18,19). The van der Waals surface area contributed by atoms with Crippen LogP contribution in [0, 0.1) is 0 Å². The average molecular weight is 278 g/mol. The Labute approximate surface area is 119 Å². The highest BCUT2D eigenvalue weighted by atomic mass is 16.5. The Morgan fingerprint density at radius 1 is 1.40 bits per heavy atom. The number of piperazine rings is 1. The molecule has 1 unspecified atom stereocenters. The van der Waals surface area contributed by atoms with Crippen molar-refractivity contribution in [1.82, 2.24) is 10.2 Å². The van der Waals surface area contributed by atoms with Crippen molar-refractivity contribution in [3.8, 4) is 0 Å². The van der Waals surface area contributed by atoms with Crippen LogP contribution < -0.4 is 5.32 Å². The summed E-state index contributed by atoms with van der Waals surface area (Å²) in [6.07, 6.45) is 0.930. The molecule has 5 heteroatoms. The van der Waals surface area contributed by atoms with E-state index < -0.39 is 12.0 Å². The van der Waals surface area contributed by atoms with Gasteiger partial charge in [0.25, 0.3) is 0 Å². The number of aliphatic carboxylic acids is 1. The molecule has 1 aromatic carbocycles.